The molecule has 2 aliphatic heterocycles. The molecule has 2 fully saturated rings. The van der Waals surface area contributed by atoms with Gasteiger partial charge in [0.2, 0.25) is 5.91 Å². The van der Waals surface area contributed by atoms with E-state index in [0.717, 1.165) is 25.7 Å². The molecule has 160 valence electrons. The van der Waals surface area contributed by atoms with Crippen LogP contribution in [0.3, 0.4) is 0 Å². The highest BCUT2D eigenvalue weighted by molar-refractivity contribution is 5.89. The molecule has 2 saturated heterocycles. The van der Waals surface area contributed by atoms with Crippen LogP contribution in [0.4, 0.5) is 14.9 Å². The van der Waals surface area contributed by atoms with Gasteiger partial charge in [0.1, 0.15) is 12.4 Å². The fourth-order valence-corrected chi connectivity index (χ4v) is 4.11. The minimum atomic E-state index is -0.352. The second-order valence-corrected chi connectivity index (χ2v) is 7.71. The van der Waals surface area contributed by atoms with Crippen LogP contribution >= 0.6 is 0 Å². The number of benzene rings is 1. The van der Waals surface area contributed by atoms with Gasteiger partial charge in [-0.05, 0) is 50.3 Å². The summed E-state index contributed by atoms with van der Waals surface area (Å²) < 4.78 is 24.3. The lowest BCUT2D eigenvalue weighted by atomic mass is 9.98. The zero-order valence-electron chi connectivity index (χ0n) is 17.2. The number of hydrogen-bond donors (Lipinski definition) is 1. The van der Waals surface area contributed by atoms with Gasteiger partial charge in [-0.15, -0.1) is 0 Å². The highest BCUT2D eigenvalue weighted by Gasteiger charge is 2.35. The van der Waals surface area contributed by atoms with E-state index < -0.39 is 0 Å². The second kappa shape index (κ2) is 10.0. The van der Waals surface area contributed by atoms with Crippen molar-refractivity contribution in [2.24, 2.45) is 0 Å². The Morgan fingerprint density at radius 1 is 1.28 bits per heavy atom. The van der Waals surface area contributed by atoms with E-state index in [0.29, 0.717) is 37.6 Å². The van der Waals surface area contributed by atoms with Crippen molar-refractivity contribution < 1.29 is 23.5 Å². The Labute approximate surface area is 171 Å². The van der Waals surface area contributed by atoms with Gasteiger partial charge in [0, 0.05) is 51.2 Å². The summed E-state index contributed by atoms with van der Waals surface area (Å²) in [6, 6.07) is 4.42. The number of hydrogen-bond acceptors (Lipinski definition) is 4. The molecule has 1 aromatic carbocycles. The van der Waals surface area contributed by atoms with Crippen molar-refractivity contribution in [3.63, 3.8) is 0 Å². The Kier molecular flexibility index (Phi) is 7.44. The fourth-order valence-electron chi connectivity index (χ4n) is 4.11. The molecule has 3 amide bonds. The molecule has 2 aliphatic rings. The van der Waals surface area contributed by atoms with Gasteiger partial charge in [0.15, 0.2) is 0 Å². The molecule has 0 aromatic heterocycles. The number of amides is 3. The van der Waals surface area contributed by atoms with Crippen molar-refractivity contribution >= 4 is 17.6 Å². The van der Waals surface area contributed by atoms with Gasteiger partial charge in [-0.25, -0.2) is 9.18 Å². The summed E-state index contributed by atoms with van der Waals surface area (Å²) in [5, 5.41) is 2.77. The molecule has 1 atom stereocenters. The third-order valence-electron chi connectivity index (χ3n) is 5.64. The van der Waals surface area contributed by atoms with Crippen molar-refractivity contribution in [2.45, 2.75) is 44.7 Å². The number of piperidine rings is 1. The smallest absolute Gasteiger partial charge is 0.321 e. The first-order chi connectivity index (χ1) is 14.0. The zero-order chi connectivity index (χ0) is 20.8. The summed E-state index contributed by atoms with van der Waals surface area (Å²) in [4.78, 5) is 29.1. The molecule has 0 spiro atoms. The zero-order valence-corrected chi connectivity index (χ0v) is 17.2. The van der Waals surface area contributed by atoms with Crippen LogP contribution in [-0.2, 0) is 14.3 Å². The van der Waals surface area contributed by atoms with Gasteiger partial charge in [-0.2, -0.15) is 0 Å². The number of rotatable bonds is 5. The van der Waals surface area contributed by atoms with Crippen molar-refractivity contribution in [3.8, 4) is 0 Å². The topological polar surface area (TPSA) is 71.1 Å². The van der Waals surface area contributed by atoms with E-state index in [1.54, 1.807) is 24.0 Å². The number of nitrogens with zero attached hydrogens (tertiary/aromatic N) is 2. The number of ether oxygens (including phenoxy) is 2. The number of urea groups is 1. The van der Waals surface area contributed by atoms with Crippen LogP contribution < -0.4 is 5.32 Å². The summed E-state index contributed by atoms with van der Waals surface area (Å²) in [6.45, 7) is 4.04. The van der Waals surface area contributed by atoms with Crippen LogP contribution in [0.1, 0.15) is 31.2 Å². The van der Waals surface area contributed by atoms with E-state index in [4.69, 9.17) is 9.47 Å². The van der Waals surface area contributed by atoms with Gasteiger partial charge < -0.3 is 24.6 Å². The molecule has 1 unspecified atom stereocenters. The average molecular weight is 407 g/mol. The van der Waals surface area contributed by atoms with E-state index in [2.05, 4.69) is 5.32 Å². The number of methoxy groups -OCH3 is 1. The summed E-state index contributed by atoms with van der Waals surface area (Å²) in [5.41, 5.74) is 0.960. The first-order valence-corrected chi connectivity index (χ1v) is 10.2. The van der Waals surface area contributed by atoms with Crippen LogP contribution in [0, 0.1) is 12.7 Å². The third kappa shape index (κ3) is 5.45. The van der Waals surface area contributed by atoms with E-state index in [1.807, 2.05) is 4.90 Å². The largest absolute Gasteiger partial charge is 0.381 e. The number of halogens is 1. The maximum atomic E-state index is 13.8. The Morgan fingerprint density at radius 3 is 2.72 bits per heavy atom. The van der Waals surface area contributed by atoms with Gasteiger partial charge >= 0.3 is 6.03 Å². The molecular weight excluding hydrogens is 377 g/mol. The Balaban J connectivity index is 1.68. The standard InChI is InChI=1S/C21H30FN3O4/c1-15-5-6-16(12-19(15)22)23-21(27)24-9-3-4-18(13-24)25(20(26)14-28-2)17-7-10-29-11-8-17/h5-6,12,17-18H,3-4,7-11,13-14H2,1-2H3,(H,23,27). The highest BCUT2D eigenvalue weighted by Crippen LogP contribution is 2.24. The Hall–Kier alpha value is -2.19. The molecule has 0 aliphatic carbocycles. The summed E-state index contributed by atoms with van der Waals surface area (Å²) in [7, 11) is 1.52. The monoisotopic (exact) mass is 407 g/mol. The Bertz CT molecular complexity index is 724. The van der Waals surface area contributed by atoms with Crippen molar-refractivity contribution in [2.75, 3.05) is 45.3 Å². The van der Waals surface area contributed by atoms with Crippen LogP contribution in [0.2, 0.25) is 0 Å². The number of likely N-dealkylation sites (tertiary alicyclic amines) is 1. The lowest BCUT2D eigenvalue weighted by Gasteiger charge is -2.44. The first-order valence-electron chi connectivity index (χ1n) is 10.2. The number of aryl methyl sites for hydroxylation is 1. The number of carbonyl (C=O) groups is 2. The summed E-state index contributed by atoms with van der Waals surface area (Å²) in [6.07, 6.45) is 3.23. The fraction of sp³-hybridized carbons (Fsp3) is 0.619. The molecule has 0 radical (unpaired) electrons. The molecule has 0 bridgehead atoms. The molecule has 2 heterocycles. The van der Waals surface area contributed by atoms with Crippen LogP contribution in [-0.4, -0.2) is 73.8 Å². The van der Waals surface area contributed by atoms with Crippen molar-refractivity contribution in [1.82, 2.24) is 9.80 Å². The maximum Gasteiger partial charge on any atom is 0.321 e. The Morgan fingerprint density at radius 2 is 2.03 bits per heavy atom. The lowest BCUT2D eigenvalue weighted by molar-refractivity contribution is -0.143. The normalized spacial score (nSPS) is 20.4. The van der Waals surface area contributed by atoms with Crippen molar-refractivity contribution in [3.05, 3.63) is 29.6 Å². The SMILES string of the molecule is COCC(=O)N(C1CCOCC1)C1CCCN(C(=O)Nc2ccc(C)c(F)c2)C1. The number of anilines is 1. The predicted octanol–water partition coefficient (Wildman–Crippen LogP) is 2.78. The van der Waals surface area contributed by atoms with E-state index >= 15 is 0 Å². The molecule has 3 rings (SSSR count). The highest BCUT2D eigenvalue weighted by atomic mass is 19.1. The van der Waals surface area contributed by atoms with E-state index in [-0.39, 0.29) is 36.4 Å². The summed E-state index contributed by atoms with van der Waals surface area (Å²) in [5.74, 6) is -0.401. The van der Waals surface area contributed by atoms with Gasteiger partial charge in [0.25, 0.3) is 0 Å². The lowest BCUT2D eigenvalue weighted by Crippen LogP contribution is -2.57. The molecule has 1 aromatic rings. The van der Waals surface area contributed by atoms with Gasteiger partial charge in [-0.1, -0.05) is 6.07 Å². The van der Waals surface area contributed by atoms with E-state index in [9.17, 15) is 14.0 Å². The predicted molar refractivity (Wildman–Crippen MR) is 107 cm³/mol. The maximum absolute atomic E-state index is 13.8. The van der Waals surface area contributed by atoms with Crippen LogP contribution in [0.5, 0.6) is 0 Å². The first kappa shape index (κ1) is 21.5. The number of carbonyl (C=O) groups excluding carboxylic acids is 2. The molecule has 0 saturated carbocycles. The molecular formula is C21H30FN3O4. The van der Waals surface area contributed by atoms with Gasteiger partial charge in [-0.3, -0.25) is 4.79 Å². The van der Waals surface area contributed by atoms with E-state index in [1.165, 1.54) is 13.2 Å². The average Bonchev–Trinajstić information content (AvgIpc) is 2.72. The summed E-state index contributed by atoms with van der Waals surface area (Å²) >= 11 is 0. The van der Waals surface area contributed by atoms with Crippen molar-refractivity contribution in [1.29, 1.82) is 0 Å². The third-order valence-corrected chi connectivity index (χ3v) is 5.64. The molecule has 7 nitrogen and oxygen atoms in total. The molecule has 8 heteroatoms. The minimum Gasteiger partial charge on any atom is -0.381 e. The minimum absolute atomic E-state index is 0.0305. The molecule has 29 heavy (non-hydrogen) atoms. The number of nitrogens with one attached hydrogen (secondary N) is 1. The van der Waals surface area contributed by atoms with Crippen LogP contribution in [0.25, 0.3) is 0 Å². The second-order valence-electron chi connectivity index (χ2n) is 7.71. The van der Waals surface area contributed by atoms with Crippen LogP contribution in [0.15, 0.2) is 18.2 Å². The molecule has 1 N–H and O–H groups in total. The van der Waals surface area contributed by atoms with Gasteiger partial charge in [0.05, 0.1) is 0 Å². The quantitative estimate of drug-likeness (QED) is 0.815.